The molecule has 8 heteroatoms. The molecule has 138 valence electrons. The molecule has 2 aliphatic heterocycles. The Morgan fingerprint density at radius 1 is 1.32 bits per heavy atom. The minimum Gasteiger partial charge on any atom is -0.350 e. The van der Waals surface area contributed by atoms with Crippen molar-refractivity contribution < 1.29 is 8.42 Å². The SMILES string of the molecule is CN(CC1CCCC1)c1nccc(N2CCN[C@H]3CS(=O)(=O)C[C@H]32)n1. The number of rotatable bonds is 4. The molecule has 0 radical (unpaired) electrons. The fourth-order valence-electron chi connectivity index (χ4n) is 4.50. The molecule has 0 aromatic carbocycles. The molecule has 4 rings (SSSR count). The Morgan fingerprint density at radius 2 is 2.12 bits per heavy atom. The lowest BCUT2D eigenvalue weighted by molar-refractivity contribution is 0.422. The number of piperazine rings is 1. The molecule has 1 aromatic heterocycles. The van der Waals surface area contributed by atoms with E-state index in [2.05, 4.69) is 27.1 Å². The molecule has 3 heterocycles. The quantitative estimate of drug-likeness (QED) is 0.840. The molecular formula is C17H27N5O2S. The van der Waals surface area contributed by atoms with Gasteiger partial charge in [0.2, 0.25) is 5.95 Å². The average Bonchev–Trinajstić information content (AvgIpc) is 3.20. The van der Waals surface area contributed by atoms with Gasteiger partial charge in [0, 0.05) is 38.9 Å². The van der Waals surface area contributed by atoms with Crippen LogP contribution in [0.4, 0.5) is 11.8 Å². The smallest absolute Gasteiger partial charge is 0.227 e. The second kappa shape index (κ2) is 6.72. The largest absolute Gasteiger partial charge is 0.350 e. The van der Waals surface area contributed by atoms with E-state index in [1.807, 2.05) is 6.07 Å². The van der Waals surface area contributed by atoms with E-state index < -0.39 is 9.84 Å². The van der Waals surface area contributed by atoms with E-state index in [9.17, 15) is 8.42 Å². The van der Waals surface area contributed by atoms with Gasteiger partial charge in [0.1, 0.15) is 5.82 Å². The van der Waals surface area contributed by atoms with E-state index in [0.717, 1.165) is 37.3 Å². The van der Waals surface area contributed by atoms with E-state index in [1.165, 1.54) is 25.7 Å². The Labute approximate surface area is 149 Å². The first-order valence-electron chi connectivity index (χ1n) is 9.26. The van der Waals surface area contributed by atoms with Crippen molar-refractivity contribution in [2.75, 3.05) is 48.0 Å². The molecule has 3 aliphatic rings. The Balaban J connectivity index is 1.52. The highest BCUT2D eigenvalue weighted by atomic mass is 32.2. The third-order valence-corrected chi connectivity index (χ3v) is 7.47. The Hall–Kier alpha value is -1.41. The molecule has 3 fully saturated rings. The minimum absolute atomic E-state index is 0.00776. The maximum Gasteiger partial charge on any atom is 0.227 e. The maximum atomic E-state index is 12.0. The first-order valence-corrected chi connectivity index (χ1v) is 11.1. The molecule has 0 unspecified atom stereocenters. The van der Waals surface area contributed by atoms with Crippen LogP contribution in [0.5, 0.6) is 0 Å². The average molecular weight is 366 g/mol. The van der Waals surface area contributed by atoms with Crippen molar-refractivity contribution in [2.24, 2.45) is 5.92 Å². The summed E-state index contributed by atoms with van der Waals surface area (Å²) in [7, 11) is -0.916. The number of fused-ring (bicyclic) bond motifs is 1. The Bertz CT molecular complexity index is 720. The second-order valence-corrected chi connectivity index (χ2v) is 9.80. The summed E-state index contributed by atoms with van der Waals surface area (Å²) >= 11 is 0. The van der Waals surface area contributed by atoms with Gasteiger partial charge in [-0.25, -0.2) is 13.4 Å². The van der Waals surface area contributed by atoms with Crippen LogP contribution in [-0.2, 0) is 9.84 Å². The van der Waals surface area contributed by atoms with Crippen LogP contribution in [0, 0.1) is 5.92 Å². The zero-order valence-electron chi connectivity index (χ0n) is 14.8. The Morgan fingerprint density at radius 3 is 2.92 bits per heavy atom. The Kier molecular flexibility index (Phi) is 4.58. The number of sulfone groups is 1. The monoisotopic (exact) mass is 365 g/mol. The summed E-state index contributed by atoms with van der Waals surface area (Å²) in [6, 6.07) is 1.88. The number of hydrogen-bond donors (Lipinski definition) is 1. The van der Waals surface area contributed by atoms with Crippen LogP contribution in [0.25, 0.3) is 0 Å². The highest BCUT2D eigenvalue weighted by Crippen LogP contribution is 2.28. The standard InChI is InChI=1S/C17H27N5O2S/c1-21(10-13-4-2-3-5-13)17-19-7-6-16(20-17)22-9-8-18-14-11-25(23,24)12-15(14)22/h6-7,13-15,18H,2-5,8-12H2,1H3/t14-,15+/m0/s1. The molecule has 1 aromatic rings. The molecular weight excluding hydrogens is 338 g/mol. The number of aromatic nitrogens is 2. The number of nitrogens with one attached hydrogen (secondary N) is 1. The molecule has 0 bridgehead atoms. The first kappa shape index (κ1) is 17.0. The third kappa shape index (κ3) is 3.60. The van der Waals surface area contributed by atoms with Crippen molar-refractivity contribution in [1.82, 2.24) is 15.3 Å². The van der Waals surface area contributed by atoms with Crippen LogP contribution in [0.2, 0.25) is 0 Å². The van der Waals surface area contributed by atoms with Crippen LogP contribution < -0.4 is 15.1 Å². The fraction of sp³-hybridized carbons (Fsp3) is 0.765. The maximum absolute atomic E-state index is 12.0. The van der Waals surface area contributed by atoms with Crippen LogP contribution in [-0.4, -0.2) is 68.7 Å². The summed E-state index contributed by atoms with van der Waals surface area (Å²) < 4.78 is 24.1. The normalized spacial score (nSPS) is 28.9. The van der Waals surface area contributed by atoms with Gasteiger partial charge in [-0.05, 0) is 24.8 Å². The van der Waals surface area contributed by atoms with Crippen LogP contribution in [0.3, 0.4) is 0 Å². The summed E-state index contributed by atoms with van der Waals surface area (Å²) in [6.07, 6.45) is 7.05. The van der Waals surface area contributed by atoms with Gasteiger partial charge in [0.25, 0.3) is 0 Å². The van der Waals surface area contributed by atoms with Crippen LogP contribution in [0.1, 0.15) is 25.7 Å². The van der Waals surface area contributed by atoms with Gasteiger partial charge in [-0.2, -0.15) is 4.98 Å². The predicted molar refractivity (Wildman–Crippen MR) is 98.8 cm³/mol. The minimum atomic E-state index is -2.97. The van der Waals surface area contributed by atoms with Crippen molar-refractivity contribution in [3.05, 3.63) is 12.3 Å². The van der Waals surface area contributed by atoms with E-state index >= 15 is 0 Å². The molecule has 25 heavy (non-hydrogen) atoms. The van der Waals surface area contributed by atoms with E-state index in [1.54, 1.807) is 6.20 Å². The number of nitrogens with zero attached hydrogens (tertiary/aromatic N) is 4. The molecule has 0 spiro atoms. The molecule has 7 nitrogen and oxygen atoms in total. The topological polar surface area (TPSA) is 78.4 Å². The van der Waals surface area contributed by atoms with Crippen molar-refractivity contribution >= 4 is 21.6 Å². The molecule has 2 atom stereocenters. The van der Waals surface area contributed by atoms with Crippen LogP contribution >= 0.6 is 0 Å². The molecule has 1 aliphatic carbocycles. The lowest BCUT2D eigenvalue weighted by Crippen LogP contribution is -2.57. The summed E-state index contributed by atoms with van der Waals surface area (Å²) in [5, 5.41) is 3.35. The van der Waals surface area contributed by atoms with Crippen molar-refractivity contribution in [3.8, 4) is 0 Å². The van der Waals surface area contributed by atoms with Crippen molar-refractivity contribution in [1.29, 1.82) is 0 Å². The zero-order valence-corrected chi connectivity index (χ0v) is 15.6. The first-order chi connectivity index (χ1) is 12.0. The van der Waals surface area contributed by atoms with Gasteiger partial charge in [-0.15, -0.1) is 0 Å². The predicted octanol–water partition coefficient (Wildman–Crippen LogP) is 0.678. The lowest BCUT2D eigenvalue weighted by Gasteiger charge is -2.38. The highest BCUT2D eigenvalue weighted by Gasteiger charge is 2.43. The van der Waals surface area contributed by atoms with Gasteiger partial charge in [-0.3, -0.25) is 0 Å². The molecule has 1 saturated carbocycles. The third-order valence-electron chi connectivity index (χ3n) is 5.75. The van der Waals surface area contributed by atoms with E-state index in [4.69, 9.17) is 4.98 Å². The number of hydrogen-bond acceptors (Lipinski definition) is 7. The highest BCUT2D eigenvalue weighted by molar-refractivity contribution is 7.91. The van der Waals surface area contributed by atoms with Gasteiger partial charge in [0.15, 0.2) is 9.84 Å². The second-order valence-electron chi connectivity index (χ2n) is 7.64. The van der Waals surface area contributed by atoms with Crippen molar-refractivity contribution in [2.45, 2.75) is 37.8 Å². The van der Waals surface area contributed by atoms with Gasteiger partial charge < -0.3 is 15.1 Å². The van der Waals surface area contributed by atoms with Gasteiger partial charge >= 0.3 is 0 Å². The van der Waals surface area contributed by atoms with Gasteiger partial charge in [-0.1, -0.05) is 12.8 Å². The fourth-order valence-corrected chi connectivity index (χ4v) is 6.45. The molecule has 1 N–H and O–H groups in total. The summed E-state index contributed by atoms with van der Waals surface area (Å²) in [5.74, 6) is 2.76. The van der Waals surface area contributed by atoms with Crippen molar-refractivity contribution in [3.63, 3.8) is 0 Å². The molecule has 2 saturated heterocycles. The van der Waals surface area contributed by atoms with E-state index in [-0.39, 0.29) is 23.6 Å². The van der Waals surface area contributed by atoms with Gasteiger partial charge in [0.05, 0.1) is 17.5 Å². The summed E-state index contributed by atoms with van der Waals surface area (Å²) in [6.45, 7) is 2.55. The lowest BCUT2D eigenvalue weighted by atomic mass is 10.1. The summed E-state index contributed by atoms with van der Waals surface area (Å²) in [5.41, 5.74) is 0. The zero-order chi connectivity index (χ0) is 17.4. The number of anilines is 2. The summed E-state index contributed by atoms with van der Waals surface area (Å²) in [4.78, 5) is 13.5. The molecule has 0 amide bonds. The van der Waals surface area contributed by atoms with Crippen LogP contribution in [0.15, 0.2) is 12.3 Å². The van der Waals surface area contributed by atoms with E-state index in [0.29, 0.717) is 0 Å².